The Hall–Kier alpha value is -3.23. The lowest BCUT2D eigenvalue weighted by atomic mass is 10.1. The molecule has 0 saturated heterocycles. The molecule has 4 rings (SSSR count). The molecule has 0 fully saturated rings. The van der Waals surface area contributed by atoms with Gasteiger partial charge in [-0.15, -0.1) is 11.3 Å². The number of hydrogen-bond acceptors (Lipinski definition) is 8. The highest BCUT2D eigenvalue weighted by Crippen LogP contribution is 2.34. The quantitative estimate of drug-likeness (QED) is 0.336. The minimum Gasteiger partial charge on any atom is -0.497 e. The molecule has 0 bridgehead atoms. The fraction of sp³-hybridized carbons (Fsp3) is 0.393. The van der Waals surface area contributed by atoms with Gasteiger partial charge in [-0.05, 0) is 36.6 Å². The van der Waals surface area contributed by atoms with E-state index in [2.05, 4.69) is 55.1 Å². The van der Waals surface area contributed by atoms with Crippen molar-refractivity contribution in [2.24, 2.45) is 5.92 Å². The third kappa shape index (κ3) is 6.30. The molecular formula is C28H35N3O4S. The highest BCUT2D eigenvalue weighted by molar-refractivity contribution is 7.09. The molecule has 0 radical (unpaired) electrons. The SMILES string of the molecule is C=C(NC(C)C(C)C)c1csc(CN(Cc2ccc3c(c2)OCO3)Cc2ccc(OC)cc2OC)n1. The van der Waals surface area contributed by atoms with Gasteiger partial charge in [0.15, 0.2) is 11.5 Å². The Morgan fingerprint density at radius 2 is 1.86 bits per heavy atom. The first-order chi connectivity index (χ1) is 17.4. The molecule has 36 heavy (non-hydrogen) atoms. The molecule has 1 aliphatic heterocycles. The normalized spacial score (nSPS) is 13.2. The molecule has 1 aromatic heterocycles. The van der Waals surface area contributed by atoms with Crippen LogP contribution in [0.3, 0.4) is 0 Å². The van der Waals surface area contributed by atoms with Gasteiger partial charge in [0.1, 0.15) is 16.5 Å². The largest absolute Gasteiger partial charge is 0.497 e. The van der Waals surface area contributed by atoms with Crippen molar-refractivity contribution in [3.63, 3.8) is 0 Å². The van der Waals surface area contributed by atoms with Crippen molar-refractivity contribution in [3.8, 4) is 23.0 Å². The van der Waals surface area contributed by atoms with E-state index in [1.807, 2.05) is 24.3 Å². The fourth-order valence-electron chi connectivity index (χ4n) is 3.92. The summed E-state index contributed by atoms with van der Waals surface area (Å²) in [6, 6.07) is 12.4. The first kappa shape index (κ1) is 25.9. The van der Waals surface area contributed by atoms with Gasteiger partial charge in [0, 0.05) is 36.1 Å². The standard InChI is InChI=1S/C28H35N3O4S/c1-18(2)19(3)29-20(4)24-16-36-28(30-24)15-31(13-21-7-10-25-27(11-21)35-17-34-25)14-22-8-9-23(32-5)12-26(22)33-6/h7-12,16,18-19,29H,4,13-15,17H2,1-3,5-6H3. The molecule has 0 saturated carbocycles. The van der Waals surface area contributed by atoms with E-state index in [1.165, 1.54) is 0 Å². The second-order valence-electron chi connectivity index (χ2n) is 9.29. The van der Waals surface area contributed by atoms with E-state index in [-0.39, 0.29) is 6.79 Å². The van der Waals surface area contributed by atoms with Crippen LogP contribution in [0.4, 0.5) is 0 Å². The lowest BCUT2D eigenvalue weighted by Crippen LogP contribution is -2.29. The zero-order valence-electron chi connectivity index (χ0n) is 21.7. The van der Waals surface area contributed by atoms with Crippen LogP contribution >= 0.6 is 11.3 Å². The van der Waals surface area contributed by atoms with Gasteiger partial charge in [-0.3, -0.25) is 4.90 Å². The molecule has 192 valence electrons. The maximum atomic E-state index is 5.67. The van der Waals surface area contributed by atoms with Crippen molar-refractivity contribution in [1.29, 1.82) is 0 Å². The molecule has 1 atom stereocenters. The van der Waals surface area contributed by atoms with Gasteiger partial charge in [0.2, 0.25) is 6.79 Å². The van der Waals surface area contributed by atoms with Gasteiger partial charge in [0.05, 0.1) is 32.2 Å². The summed E-state index contributed by atoms with van der Waals surface area (Å²) in [5.41, 5.74) is 3.97. The Morgan fingerprint density at radius 1 is 1.06 bits per heavy atom. The van der Waals surface area contributed by atoms with Gasteiger partial charge < -0.3 is 24.3 Å². The second-order valence-corrected chi connectivity index (χ2v) is 10.2. The first-order valence-electron chi connectivity index (χ1n) is 12.1. The Labute approximate surface area is 217 Å². The summed E-state index contributed by atoms with van der Waals surface area (Å²) < 4.78 is 22.1. The Kier molecular flexibility index (Phi) is 8.38. The van der Waals surface area contributed by atoms with Crippen molar-refractivity contribution in [2.75, 3.05) is 21.0 Å². The zero-order chi connectivity index (χ0) is 25.7. The van der Waals surface area contributed by atoms with Crippen LogP contribution in [0.25, 0.3) is 5.70 Å². The van der Waals surface area contributed by atoms with Crippen LogP contribution in [0.15, 0.2) is 48.4 Å². The van der Waals surface area contributed by atoms with E-state index in [0.29, 0.717) is 31.6 Å². The molecule has 2 aromatic carbocycles. The van der Waals surface area contributed by atoms with Crippen LogP contribution in [0.1, 0.15) is 42.6 Å². The summed E-state index contributed by atoms with van der Waals surface area (Å²) in [7, 11) is 3.34. The molecule has 0 spiro atoms. The van der Waals surface area contributed by atoms with E-state index in [4.69, 9.17) is 23.9 Å². The number of methoxy groups -OCH3 is 2. The number of fused-ring (bicyclic) bond motifs is 1. The van der Waals surface area contributed by atoms with Gasteiger partial charge in [-0.2, -0.15) is 0 Å². The van der Waals surface area contributed by atoms with E-state index >= 15 is 0 Å². The molecule has 8 heteroatoms. The Bertz CT molecular complexity index is 1190. The van der Waals surface area contributed by atoms with Crippen molar-refractivity contribution < 1.29 is 18.9 Å². The maximum absolute atomic E-state index is 5.67. The van der Waals surface area contributed by atoms with Gasteiger partial charge in [0.25, 0.3) is 0 Å². The number of nitrogens with zero attached hydrogens (tertiary/aromatic N) is 2. The summed E-state index contributed by atoms with van der Waals surface area (Å²) in [5, 5.41) is 6.57. The van der Waals surface area contributed by atoms with E-state index < -0.39 is 0 Å². The molecule has 0 aliphatic carbocycles. The lowest BCUT2D eigenvalue weighted by molar-refractivity contribution is 0.174. The second kappa shape index (κ2) is 11.7. The van der Waals surface area contributed by atoms with E-state index in [0.717, 1.165) is 50.5 Å². The summed E-state index contributed by atoms with van der Waals surface area (Å²) in [6.07, 6.45) is 0. The summed E-state index contributed by atoms with van der Waals surface area (Å²) in [6.45, 7) is 13.1. The third-order valence-electron chi connectivity index (χ3n) is 6.35. The summed E-state index contributed by atoms with van der Waals surface area (Å²) in [5.74, 6) is 3.65. The molecule has 2 heterocycles. The van der Waals surface area contributed by atoms with Gasteiger partial charge in [-0.25, -0.2) is 4.98 Å². The van der Waals surface area contributed by atoms with Gasteiger partial charge in [-0.1, -0.05) is 32.6 Å². The molecule has 0 amide bonds. The Balaban J connectivity index is 1.54. The van der Waals surface area contributed by atoms with Crippen LogP contribution in [0, 0.1) is 5.92 Å². The van der Waals surface area contributed by atoms with Crippen LogP contribution in [-0.4, -0.2) is 36.9 Å². The zero-order valence-corrected chi connectivity index (χ0v) is 22.5. The topological polar surface area (TPSA) is 65.1 Å². The molecule has 1 N–H and O–H groups in total. The fourth-order valence-corrected chi connectivity index (χ4v) is 4.77. The van der Waals surface area contributed by atoms with Crippen molar-refractivity contribution in [3.05, 3.63) is 70.2 Å². The van der Waals surface area contributed by atoms with Crippen LogP contribution in [-0.2, 0) is 19.6 Å². The van der Waals surface area contributed by atoms with Crippen molar-refractivity contribution >= 4 is 17.0 Å². The predicted molar refractivity (Wildman–Crippen MR) is 144 cm³/mol. The summed E-state index contributed by atoms with van der Waals surface area (Å²) >= 11 is 1.65. The van der Waals surface area contributed by atoms with Crippen molar-refractivity contribution in [2.45, 2.75) is 46.4 Å². The molecule has 7 nitrogen and oxygen atoms in total. The highest BCUT2D eigenvalue weighted by atomic mass is 32.1. The average Bonchev–Trinajstić information content (AvgIpc) is 3.53. The maximum Gasteiger partial charge on any atom is 0.231 e. The first-order valence-corrected chi connectivity index (χ1v) is 13.0. The number of nitrogens with one attached hydrogen (secondary N) is 1. The van der Waals surface area contributed by atoms with Crippen LogP contribution in [0.5, 0.6) is 23.0 Å². The number of aromatic nitrogens is 1. The number of benzene rings is 2. The number of ether oxygens (including phenoxy) is 4. The van der Waals surface area contributed by atoms with Gasteiger partial charge >= 0.3 is 0 Å². The third-order valence-corrected chi connectivity index (χ3v) is 7.19. The minimum absolute atomic E-state index is 0.265. The molecular weight excluding hydrogens is 474 g/mol. The predicted octanol–water partition coefficient (Wildman–Crippen LogP) is 5.70. The molecule has 1 aliphatic rings. The molecule has 1 unspecified atom stereocenters. The minimum atomic E-state index is 0.265. The van der Waals surface area contributed by atoms with Crippen LogP contribution < -0.4 is 24.3 Å². The Morgan fingerprint density at radius 3 is 2.61 bits per heavy atom. The van der Waals surface area contributed by atoms with Crippen LogP contribution in [0.2, 0.25) is 0 Å². The average molecular weight is 510 g/mol. The highest BCUT2D eigenvalue weighted by Gasteiger charge is 2.18. The molecule has 3 aromatic rings. The van der Waals surface area contributed by atoms with E-state index in [1.54, 1.807) is 25.6 Å². The number of rotatable bonds is 12. The van der Waals surface area contributed by atoms with E-state index in [9.17, 15) is 0 Å². The smallest absolute Gasteiger partial charge is 0.231 e. The number of thiazole rings is 1. The summed E-state index contributed by atoms with van der Waals surface area (Å²) in [4.78, 5) is 7.24. The van der Waals surface area contributed by atoms with Crippen molar-refractivity contribution in [1.82, 2.24) is 15.2 Å². The monoisotopic (exact) mass is 509 g/mol. The lowest BCUT2D eigenvalue weighted by Gasteiger charge is -2.23. The number of hydrogen-bond donors (Lipinski definition) is 1.